The highest BCUT2D eigenvalue weighted by Gasteiger charge is 2.22. The predicted octanol–water partition coefficient (Wildman–Crippen LogP) is 1.38. The molecule has 1 aromatic rings. The predicted molar refractivity (Wildman–Crippen MR) is 72.1 cm³/mol. The minimum Gasteiger partial charge on any atom is -0.496 e. The van der Waals surface area contributed by atoms with Gasteiger partial charge in [0.15, 0.2) is 0 Å². The average molecular weight is 265 g/mol. The summed E-state index contributed by atoms with van der Waals surface area (Å²) in [6, 6.07) is 4.72. The first-order valence-corrected chi connectivity index (χ1v) is 6.37. The van der Waals surface area contributed by atoms with E-state index in [1.165, 1.54) is 6.07 Å². The number of nitrogens with two attached hydrogens (primary N) is 1. The topological polar surface area (TPSA) is 81.6 Å². The molecule has 0 radical (unpaired) electrons. The number of hydrogen-bond donors (Lipinski definition) is 1. The van der Waals surface area contributed by atoms with Gasteiger partial charge in [0.05, 0.1) is 12.0 Å². The van der Waals surface area contributed by atoms with E-state index in [1.807, 2.05) is 0 Å². The second kappa shape index (κ2) is 5.99. The Balaban J connectivity index is 2.14. The zero-order valence-electron chi connectivity index (χ0n) is 11.0. The molecule has 6 heteroatoms. The summed E-state index contributed by atoms with van der Waals surface area (Å²) in [6.45, 7) is 3.29. The van der Waals surface area contributed by atoms with Gasteiger partial charge in [0.25, 0.3) is 5.69 Å². The second-order valence-corrected chi connectivity index (χ2v) is 4.88. The highest BCUT2D eigenvalue weighted by Crippen LogP contribution is 2.27. The fourth-order valence-electron chi connectivity index (χ4n) is 2.49. The largest absolute Gasteiger partial charge is 0.496 e. The van der Waals surface area contributed by atoms with E-state index in [4.69, 9.17) is 10.5 Å². The molecule has 1 fully saturated rings. The third-order valence-electron chi connectivity index (χ3n) is 3.57. The molecule has 104 valence electrons. The standard InChI is InChI=1S/C13H19N3O3/c1-19-13-3-2-12(16(17)18)6-11(13)9-15-5-4-10(7-14)8-15/h2-3,6,10H,4-5,7-9,14H2,1H3. The summed E-state index contributed by atoms with van der Waals surface area (Å²) in [4.78, 5) is 12.7. The molecular weight excluding hydrogens is 246 g/mol. The van der Waals surface area contributed by atoms with E-state index in [-0.39, 0.29) is 10.6 Å². The van der Waals surface area contributed by atoms with Crippen LogP contribution in [-0.2, 0) is 6.54 Å². The van der Waals surface area contributed by atoms with Crippen LogP contribution in [0.2, 0.25) is 0 Å². The molecule has 19 heavy (non-hydrogen) atoms. The van der Waals surface area contributed by atoms with Crippen LogP contribution in [0.5, 0.6) is 5.75 Å². The minimum atomic E-state index is -0.379. The van der Waals surface area contributed by atoms with Gasteiger partial charge in [0.2, 0.25) is 0 Å². The van der Waals surface area contributed by atoms with Crippen molar-refractivity contribution in [3.63, 3.8) is 0 Å². The zero-order valence-corrected chi connectivity index (χ0v) is 11.0. The van der Waals surface area contributed by atoms with Crippen molar-refractivity contribution in [1.82, 2.24) is 4.90 Å². The quantitative estimate of drug-likeness (QED) is 0.642. The van der Waals surface area contributed by atoms with Gasteiger partial charge < -0.3 is 10.5 Å². The molecule has 2 rings (SSSR count). The maximum Gasteiger partial charge on any atom is 0.270 e. The van der Waals surface area contributed by atoms with Crippen molar-refractivity contribution in [3.8, 4) is 5.75 Å². The molecule has 2 N–H and O–H groups in total. The average Bonchev–Trinajstić information content (AvgIpc) is 2.86. The van der Waals surface area contributed by atoms with E-state index in [9.17, 15) is 10.1 Å². The van der Waals surface area contributed by atoms with E-state index in [2.05, 4.69) is 4.90 Å². The number of benzene rings is 1. The van der Waals surface area contributed by atoms with Gasteiger partial charge in [0.1, 0.15) is 5.75 Å². The maximum absolute atomic E-state index is 10.8. The van der Waals surface area contributed by atoms with Crippen LogP contribution in [0, 0.1) is 16.0 Å². The number of nitrogens with zero attached hydrogens (tertiary/aromatic N) is 2. The summed E-state index contributed by atoms with van der Waals surface area (Å²) in [7, 11) is 1.58. The Bertz CT molecular complexity index is 464. The number of non-ortho nitro benzene ring substituents is 1. The molecule has 0 amide bonds. The Hall–Kier alpha value is -1.66. The van der Waals surface area contributed by atoms with Gasteiger partial charge >= 0.3 is 0 Å². The van der Waals surface area contributed by atoms with Crippen LogP contribution in [0.4, 0.5) is 5.69 Å². The molecule has 0 bridgehead atoms. The lowest BCUT2D eigenvalue weighted by Crippen LogP contribution is -2.23. The zero-order chi connectivity index (χ0) is 13.8. The van der Waals surface area contributed by atoms with Crippen LogP contribution in [0.3, 0.4) is 0 Å². The van der Waals surface area contributed by atoms with Gasteiger partial charge in [-0.1, -0.05) is 0 Å². The highest BCUT2D eigenvalue weighted by atomic mass is 16.6. The number of methoxy groups -OCH3 is 1. The van der Waals surface area contributed by atoms with Crippen molar-refractivity contribution in [2.45, 2.75) is 13.0 Å². The minimum absolute atomic E-state index is 0.102. The van der Waals surface area contributed by atoms with Crippen molar-refractivity contribution in [2.75, 3.05) is 26.7 Å². The number of rotatable bonds is 5. The van der Waals surface area contributed by atoms with Crippen LogP contribution >= 0.6 is 0 Å². The van der Waals surface area contributed by atoms with Crippen LogP contribution in [0.15, 0.2) is 18.2 Å². The first-order chi connectivity index (χ1) is 9.13. The van der Waals surface area contributed by atoms with Crippen LogP contribution < -0.4 is 10.5 Å². The lowest BCUT2D eigenvalue weighted by molar-refractivity contribution is -0.384. The number of nitro groups is 1. The molecule has 1 heterocycles. The van der Waals surface area contributed by atoms with E-state index in [0.29, 0.717) is 24.8 Å². The van der Waals surface area contributed by atoms with Gasteiger partial charge in [-0.15, -0.1) is 0 Å². The first kappa shape index (κ1) is 13.8. The Morgan fingerprint density at radius 3 is 2.95 bits per heavy atom. The summed E-state index contributed by atoms with van der Waals surface area (Å²) in [5, 5.41) is 10.8. The van der Waals surface area contributed by atoms with Crippen LogP contribution in [0.25, 0.3) is 0 Å². The summed E-state index contributed by atoms with van der Waals surface area (Å²) in [5.74, 6) is 1.23. The molecule has 1 aliphatic heterocycles. The third-order valence-corrected chi connectivity index (χ3v) is 3.57. The van der Waals surface area contributed by atoms with Crippen molar-refractivity contribution in [1.29, 1.82) is 0 Å². The molecule has 1 unspecified atom stereocenters. The van der Waals surface area contributed by atoms with Crippen molar-refractivity contribution >= 4 is 5.69 Å². The Kier molecular flexibility index (Phi) is 4.34. The van der Waals surface area contributed by atoms with Crippen molar-refractivity contribution in [3.05, 3.63) is 33.9 Å². The Morgan fingerprint density at radius 1 is 1.58 bits per heavy atom. The summed E-state index contributed by atoms with van der Waals surface area (Å²) in [5.41, 5.74) is 6.63. The van der Waals surface area contributed by atoms with Crippen molar-refractivity contribution in [2.24, 2.45) is 11.7 Å². The van der Waals surface area contributed by atoms with Gasteiger partial charge in [-0.05, 0) is 31.5 Å². The van der Waals surface area contributed by atoms with E-state index < -0.39 is 0 Å². The van der Waals surface area contributed by atoms with Gasteiger partial charge in [-0.25, -0.2) is 0 Å². The summed E-state index contributed by atoms with van der Waals surface area (Å²) < 4.78 is 5.27. The SMILES string of the molecule is COc1ccc([N+](=O)[O-])cc1CN1CCC(CN)C1. The third kappa shape index (κ3) is 3.21. The first-order valence-electron chi connectivity index (χ1n) is 6.37. The smallest absolute Gasteiger partial charge is 0.270 e. The number of ether oxygens (including phenoxy) is 1. The number of likely N-dealkylation sites (tertiary alicyclic amines) is 1. The molecule has 1 saturated heterocycles. The molecule has 6 nitrogen and oxygen atoms in total. The lowest BCUT2D eigenvalue weighted by atomic mass is 10.1. The van der Waals surface area contributed by atoms with Crippen molar-refractivity contribution < 1.29 is 9.66 Å². The molecule has 1 aromatic carbocycles. The van der Waals surface area contributed by atoms with E-state index >= 15 is 0 Å². The highest BCUT2D eigenvalue weighted by molar-refractivity contribution is 5.43. The molecule has 0 saturated carbocycles. The molecule has 1 atom stereocenters. The Labute approximate surface area is 112 Å². The molecule has 0 aliphatic carbocycles. The Morgan fingerprint density at radius 2 is 2.37 bits per heavy atom. The molecule has 0 aromatic heterocycles. The van der Waals surface area contributed by atoms with Crippen LogP contribution in [0.1, 0.15) is 12.0 Å². The monoisotopic (exact) mass is 265 g/mol. The lowest BCUT2D eigenvalue weighted by Gasteiger charge is -2.17. The summed E-state index contributed by atoms with van der Waals surface area (Å²) >= 11 is 0. The van der Waals surface area contributed by atoms with Gasteiger partial charge in [-0.2, -0.15) is 0 Å². The van der Waals surface area contributed by atoms with E-state index in [0.717, 1.165) is 25.1 Å². The van der Waals surface area contributed by atoms with Gasteiger partial charge in [-0.3, -0.25) is 15.0 Å². The van der Waals surface area contributed by atoms with Gasteiger partial charge in [0, 0.05) is 30.8 Å². The fourth-order valence-corrected chi connectivity index (χ4v) is 2.49. The normalized spacial score (nSPS) is 19.6. The number of nitro benzene ring substituents is 1. The molecule has 0 spiro atoms. The van der Waals surface area contributed by atoms with Crippen LogP contribution in [-0.4, -0.2) is 36.6 Å². The fraction of sp³-hybridized carbons (Fsp3) is 0.538. The molecular formula is C13H19N3O3. The number of hydrogen-bond acceptors (Lipinski definition) is 5. The summed E-state index contributed by atoms with van der Waals surface area (Å²) in [6.07, 6.45) is 1.09. The maximum atomic E-state index is 10.8. The molecule has 1 aliphatic rings. The van der Waals surface area contributed by atoms with E-state index in [1.54, 1.807) is 19.2 Å². The second-order valence-electron chi connectivity index (χ2n) is 4.88.